The smallest absolute Gasteiger partial charge is 0.233 e. The van der Waals surface area contributed by atoms with Gasteiger partial charge in [-0.3, -0.25) is 4.79 Å². The molecule has 0 aliphatic heterocycles. The predicted molar refractivity (Wildman–Crippen MR) is 77.5 cm³/mol. The lowest BCUT2D eigenvalue weighted by molar-refractivity contribution is -0.119. The van der Waals surface area contributed by atoms with Crippen LogP contribution in [0.3, 0.4) is 0 Å². The molecule has 0 saturated carbocycles. The molecule has 0 aromatic rings. The van der Waals surface area contributed by atoms with Gasteiger partial charge in [-0.25, -0.2) is 0 Å². The molecule has 18 heavy (non-hydrogen) atoms. The third kappa shape index (κ3) is 3.46. The van der Waals surface area contributed by atoms with Crippen LogP contribution in [0.2, 0.25) is 0 Å². The van der Waals surface area contributed by atoms with E-state index in [2.05, 4.69) is 13.8 Å². The monoisotopic (exact) mass is 269 g/mol. The fraction of sp³-hybridized carbons (Fsp3) is 0.667. The van der Waals surface area contributed by atoms with Crippen LogP contribution in [-0.4, -0.2) is 11.3 Å². The Hall–Kier alpha value is -0.600. The Morgan fingerprint density at radius 3 is 2.56 bits per heavy atom. The summed E-state index contributed by atoms with van der Waals surface area (Å²) in [6.07, 6.45) is 12.1. The molecule has 0 aromatic carbocycles. The van der Waals surface area contributed by atoms with E-state index in [1.807, 2.05) is 18.2 Å². The number of allylic oxidation sites excluding steroid dienone is 2. The molecule has 2 nitrogen and oxygen atoms in total. The fourth-order valence-electron chi connectivity index (χ4n) is 2.36. The zero-order valence-electron chi connectivity index (χ0n) is 11.4. The second kappa shape index (κ2) is 7.10. The summed E-state index contributed by atoms with van der Waals surface area (Å²) < 4.78 is 0. The van der Waals surface area contributed by atoms with E-state index in [9.17, 15) is 4.79 Å². The molecule has 0 bridgehead atoms. The Labute approximate surface area is 115 Å². The fourth-order valence-corrected chi connectivity index (χ4v) is 2.65. The van der Waals surface area contributed by atoms with Gasteiger partial charge in [0.25, 0.3) is 0 Å². The van der Waals surface area contributed by atoms with Gasteiger partial charge in [0, 0.05) is 6.04 Å². The highest BCUT2D eigenvalue weighted by Gasteiger charge is 2.40. The van der Waals surface area contributed by atoms with Gasteiger partial charge in [0.2, 0.25) is 5.24 Å². The number of hydrogen-bond acceptors (Lipinski definition) is 2. The standard InChI is InChI=1S/C15H24ClNO/c1-3-5-7-12-8-10-15(14(16)18,9-6-4-2)13(17)11-12/h8,10-11,13H,3-7,9,17H2,1-2H3. The summed E-state index contributed by atoms with van der Waals surface area (Å²) >= 11 is 5.80. The van der Waals surface area contributed by atoms with Gasteiger partial charge in [-0.05, 0) is 30.9 Å². The topological polar surface area (TPSA) is 43.1 Å². The first kappa shape index (κ1) is 15.5. The first-order valence-electron chi connectivity index (χ1n) is 6.92. The Kier molecular flexibility index (Phi) is 6.10. The van der Waals surface area contributed by atoms with Gasteiger partial charge in [-0.15, -0.1) is 0 Å². The SMILES string of the molecule is CCCCC1=CC(N)C(CCCC)(C(=O)Cl)C=C1. The normalized spacial score (nSPS) is 27.1. The molecular weight excluding hydrogens is 246 g/mol. The second-order valence-corrected chi connectivity index (χ2v) is 5.47. The van der Waals surface area contributed by atoms with Crippen molar-refractivity contribution in [2.24, 2.45) is 11.1 Å². The van der Waals surface area contributed by atoms with Gasteiger partial charge < -0.3 is 5.73 Å². The zero-order chi connectivity index (χ0) is 13.6. The molecule has 2 atom stereocenters. The molecule has 0 fully saturated rings. The number of unbranched alkanes of at least 4 members (excludes halogenated alkanes) is 2. The van der Waals surface area contributed by atoms with Crippen LogP contribution in [0.4, 0.5) is 0 Å². The highest BCUT2D eigenvalue weighted by molar-refractivity contribution is 6.65. The summed E-state index contributed by atoms with van der Waals surface area (Å²) in [5.41, 5.74) is 6.73. The molecule has 3 heteroatoms. The van der Waals surface area contributed by atoms with Crippen molar-refractivity contribution >= 4 is 16.8 Å². The van der Waals surface area contributed by atoms with Crippen molar-refractivity contribution in [2.75, 3.05) is 0 Å². The minimum absolute atomic E-state index is 0.286. The molecule has 2 N–H and O–H groups in total. The van der Waals surface area contributed by atoms with Gasteiger partial charge in [0.15, 0.2) is 0 Å². The molecule has 0 amide bonds. The number of nitrogens with two attached hydrogens (primary N) is 1. The number of halogens is 1. The lowest BCUT2D eigenvalue weighted by Gasteiger charge is -2.34. The van der Waals surface area contributed by atoms with E-state index < -0.39 is 5.41 Å². The van der Waals surface area contributed by atoms with Crippen molar-refractivity contribution in [1.82, 2.24) is 0 Å². The second-order valence-electron chi connectivity index (χ2n) is 5.12. The van der Waals surface area contributed by atoms with Crippen LogP contribution in [-0.2, 0) is 4.79 Å². The number of rotatable bonds is 7. The van der Waals surface area contributed by atoms with Crippen LogP contribution >= 0.6 is 11.6 Å². The van der Waals surface area contributed by atoms with E-state index >= 15 is 0 Å². The summed E-state index contributed by atoms with van der Waals surface area (Å²) in [5, 5.41) is -0.328. The van der Waals surface area contributed by atoms with Crippen LogP contribution in [0.1, 0.15) is 52.4 Å². The van der Waals surface area contributed by atoms with Crippen LogP contribution in [0.5, 0.6) is 0 Å². The molecule has 0 spiro atoms. The summed E-state index contributed by atoms with van der Waals surface area (Å²) in [4.78, 5) is 11.8. The van der Waals surface area contributed by atoms with Crippen LogP contribution in [0, 0.1) is 5.41 Å². The van der Waals surface area contributed by atoms with Crippen LogP contribution in [0.15, 0.2) is 23.8 Å². The lowest BCUT2D eigenvalue weighted by atomic mass is 9.73. The minimum atomic E-state index is -0.687. The number of hydrogen-bond donors (Lipinski definition) is 1. The number of carbonyl (C=O) groups excluding carboxylic acids is 1. The zero-order valence-corrected chi connectivity index (χ0v) is 12.2. The molecule has 102 valence electrons. The highest BCUT2D eigenvalue weighted by Crippen LogP contribution is 2.37. The number of carbonyl (C=O) groups is 1. The van der Waals surface area contributed by atoms with Gasteiger partial charge >= 0.3 is 0 Å². The van der Waals surface area contributed by atoms with Crippen molar-refractivity contribution < 1.29 is 4.79 Å². The van der Waals surface area contributed by atoms with E-state index in [1.165, 1.54) is 5.57 Å². The summed E-state index contributed by atoms with van der Waals surface area (Å²) in [6.45, 7) is 4.27. The Bertz CT molecular complexity index is 348. The minimum Gasteiger partial charge on any atom is -0.323 e. The Balaban J connectivity index is 2.82. The van der Waals surface area contributed by atoms with E-state index in [0.29, 0.717) is 0 Å². The molecule has 1 aliphatic carbocycles. The van der Waals surface area contributed by atoms with Gasteiger partial charge in [-0.1, -0.05) is 56.9 Å². The van der Waals surface area contributed by atoms with Crippen molar-refractivity contribution in [2.45, 2.75) is 58.4 Å². The maximum atomic E-state index is 11.8. The third-order valence-corrected chi connectivity index (χ3v) is 4.06. The summed E-state index contributed by atoms with van der Waals surface area (Å²) in [6, 6.07) is -0.286. The summed E-state index contributed by atoms with van der Waals surface area (Å²) in [7, 11) is 0. The van der Waals surface area contributed by atoms with E-state index in [0.717, 1.165) is 38.5 Å². The molecule has 0 aromatic heterocycles. The highest BCUT2D eigenvalue weighted by atomic mass is 35.5. The largest absolute Gasteiger partial charge is 0.323 e. The van der Waals surface area contributed by atoms with Gasteiger partial charge in [0.05, 0.1) is 5.41 Å². The maximum Gasteiger partial charge on any atom is 0.233 e. The van der Waals surface area contributed by atoms with Crippen molar-refractivity contribution in [3.8, 4) is 0 Å². The maximum absolute atomic E-state index is 11.8. The molecule has 0 saturated heterocycles. The van der Waals surface area contributed by atoms with E-state index in [4.69, 9.17) is 17.3 Å². The van der Waals surface area contributed by atoms with Gasteiger partial charge in [0.1, 0.15) is 0 Å². The first-order chi connectivity index (χ1) is 8.56. The Morgan fingerprint density at radius 1 is 1.39 bits per heavy atom. The molecule has 1 aliphatic rings. The quantitative estimate of drug-likeness (QED) is 0.712. The first-order valence-corrected chi connectivity index (χ1v) is 7.30. The molecule has 0 radical (unpaired) electrons. The lowest BCUT2D eigenvalue weighted by Crippen LogP contribution is -2.45. The average molecular weight is 270 g/mol. The van der Waals surface area contributed by atoms with Crippen molar-refractivity contribution in [3.05, 3.63) is 23.8 Å². The van der Waals surface area contributed by atoms with E-state index in [-0.39, 0.29) is 11.3 Å². The van der Waals surface area contributed by atoms with E-state index in [1.54, 1.807) is 0 Å². The van der Waals surface area contributed by atoms with Gasteiger partial charge in [-0.2, -0.15) is 0 Å². The molecular formula is C15H24ClNO. The summed E-state index contributed by atoms with van der Waals surface area (Å²) in [5.74, 6) is 0. The average Bonchev–Trinajstić information content (AvgIpc) is 2.35. The van der Waals surface area contributed by atoms with Crippen molar-refractivity contribution in [1.29, 1.82) is 0 Å². The molecule has 0 heterocycles. The third-order valence-electron chi connectivity index (χ3n) is 3.71. The molecule has 2 unspecified atom stereocenters. The Morgan fingerprint density at radius 2 is 2.06 bits per heavy atom. The predicted octanol–water partition coefficient (Wildman–Crippen LogP) is 3.94. The molecule has 1 rings (SSSR count). The van der Waals surface area contributed by atoms with Crippen LogP contribution < -0.4 is 5.73 Å². The van der Waals surface area contributed by atoms with Crippen LogP contribution in [0.25, 0.3) is 0 Å². The van der Waals surface area contributed by atoms with Crippen molar-refractivity contribution in [3.63, 3.8) is 0 Å².